The molecule has 0 aliphatic carbocycles. The fraction of sp³-hybridized carbons (Fsp3) is 0.444. The molecule has 0 radical (unpaired) electrons. The van der Waals surface area contributed by atoms with E-state index in [9.17, 15) is 4.79 Å². The first-order valence-corrected chi connectivity index (χ1v) is 4.71. The Morgan fingerprint density at radius 3 is 2.73 bits per heavy atom. The average Bonchev–Trinajstić information content (AvgIpc) is 2.26. The first-order chi connectivity index (χ1) is 7.13. The number of rotatable bonds is 5. The molecular formula is C9H15N5O. The molecule has 1 rings (SSSR count). The van der Waals surface area contributed by atoms with Crippen LogP contribution >= 0.6 is 0 Å². The number of primary amides is 1. The van der Waals surface area contributed by atoms with Crippen LogP contribution in [0.3, 0.4) is 0 Å². The highest BCUT2D eigenvalue weighted by Gasteiger charge is 2.03. The molecule has 6 heteroatoms. The summed E-state index contributed by atoms with van der Waals surface area (Å²) >= 11 is 0. The van der Waals surface area contributed by atoms with E-state index in [-0.39, 0.29) is 5.69 Å². The van der Waals surface area contributed by atoms with E-state index < -0.39 is 5.91 Å². The monoisotopic (exact) mass is 209 g/mol. The highest BCUT2D eigenvalue weighted by molar-refractivity contribution is 5.90. The number of carbonyl (C=O) groups excluding carboxylic acids is 1. The van der Waals surface area contributed by atoms with Crippen LogP contribution in [0.2, 0.25) is 0 Å². The Balaban J connectivity index is 2.53. The van der Waals surface area contributed by atoms with Crippen molar-refractivity contribution in [2.24, 2.45) is 17.4 Å². The van der Waals surface area contributed by atoms with Gasteiger partial charge >= 0.3 is 0 Å². The summed E-state index contributed by atoms with van der Waals surface area (Å²) in [5.74, 6) is 0.396. The zero-order chi connectivity index (χ0) is 11.3. The molecule has 6 nitrogen and oxygen atoms in total. The van der Waals surface area contributed by atoms with Crippen molar-refractivity contribution >= 4 is 11.7 Å². The summed E-state index contributed by atoms with van der Waals surface area (Å²) in [6.45, 7) is 3.36. The van der Waals surface area contributed by atoms with Crippen molar-refractivity contribution in [3.8, 4) is 0 Å². The SMILES string of the molecule is CC(CN)CNc1ccc(C(N)=O)nn1. The first-order valence-electron chi connectivity index (χ1n) is 4.71. The maximum Gasteiger partial charge on any atom is 0.269 e. The molecule has 15 heavy (non-hydrogen) atoms. The number of hydrogen-bond acceptors (Lipinski definition) is 5. The molecule has 5 N–H and O–H groups in total. The molecule has 0 saturated heterocycles. The fourth-order valence-electron chi connectivity index (χ4n) is 0.920. The minimum absolute atomic E-state index is 0.160. The van der Waals surface area contributed by atoms with E-state index in [0.29, 0.717) is 18.3 Å². The van der Waals surface area contributed by atoms with Gasteiger partial charge in [-0.3, -0.25) is 4.79 Å². The number of aromatic nitrogens is 2. The standard InChI is InChI=1S/C9H15N5O/c1-6(4-10)5-12-8-3-2-7(9(11)15)13-14-8/h2-3,6H,4-5,10H2,1H3,(H2,11,15)(H,12,14). The summed E-state index contributed by atoms with van der Waals surface area (Å²) in [6.07, 6.45) is 0. The first kappa shape index (κ1) is 11.4. The molecular weight excluding hydrogens is 194 g/mol. The van der Waals surface area contributed by atoms with Crippen LogP contribution in [-0.2, 0) is 0 Å². The second-order valence-corrected chi connectivity index (χ2v) is 3.39. The van der Waals surface area contributed by atoms with E-state index in [2.05, 4.69) is 15.5 Å². The molecule has 0 aliphatic rings. The molecule has 0 aliphatic heterocycles. The van der Waals surface area contributed by atoms with Crippen LogP contribution in [0.1, 0.15) is 17.4 Å². The molecule has 1 aromatic heterocycles. The normalized spacial score (nSPS) is 12.1. The van der Waals surface area contributed by atoms with E-state index in [1.165, 1.54) is 6.07 Å². The average molecular weight is 209 g/mol. The Morgan fingerprint density at radius 1 is 1.53 bits per heavy atom. The predicted octanol–water partition coefficient (Wildman–Crippen LogP) is -0.418. The molecule has 0 fully saturated rings. The van der Waals surface area contributed by atoms with Crippen LogP contribution in [0.15, 0.2) is 12.1 Å². The minimum atomic E-state index is -0.579. The molecule has 0 aromatic carbocycles. The summed E-state index contributed by atoms with van der Waals surface area (Å²) in [5, 5.41) is 10.5. The van der Waals surface area contributed by atoms with Crippen LogP contribution in [0.5, 0.6) is 0 Å². The van der Waals surface area contributed by atoms with Gasteiger partial charge in [0, 0.05) is 6.54 Å². The molecule has 1 amide bonds. The van der Waals surface area contributed by atoms with Gasteiger partial charge in [0.25, 0.3) is 5.91 Å². The van der Waals surface area contributed by atoms with E-state index in [1.807, 2.05) is 6.92 Å². The lowest BCUT2D eigenvalue weighted by Gasteiger charge is -2.09. The zero-order valence-corrected chi connectivity index (χ0v) is 8.60. The molecule has 0 saturated carbocycles. The molecule has 82 valence electrons. The van der Waals surface area contributed by atoms with Crippen molar-refractivity contribution in [3.05, 3.63) is 17.8 Å². The van der Waals surface area contributed by atoms with Gasteiger partial charge in [0.15, 0.2) is 5.69 Å². The number of nitrogens with two attached hydrogens (primary N) is 2. The molecule has 1 atom stereocenters. The second-order valence-electron chi connectivity index (χ2n) is 3.39. The summed E-state index contributed by atoms with van der Waals surface area (Å²) in [6, 6.07) is 3.20. The minimum Gasteiger partial charge on any atom is -0.368 e. The van der Waals surface area contributed by atoms with Crippen molar-refractivity contribution in [1.82, 2.24) is 10.2 Å². The van der Waals surface area contributed by atoms with Gasteiger partial charge in [-0.2, -0.15) is 0 Å². The van der Waals surface area contributed by atoms with Crippen LogP contribution in [0, 0.1) is 5.92 Å². The zero-order valence-electron chi connectivity index (χ0n) is 8.60. The largest absolute Gasteiger partial charge is 0.368 e. The summed E-state index contributed by atoms with van der Waals surface area (Å²) < 4.78 is 0. The number of carbonyl (C=O) groups is 1. The lowest BCUT2D eigenvalue weighted by atomic mass is 10.2. The lowest BCUT2D eigenvalue weighted by molar-refractivity contribution is 0.0994. The van der Waals surface area contributed by atoms with Crippen LogP contribution in [-0.4, -0.2) is 29.2 Å². The second kappa shape index (κ2) is 5.26. The van der Waals surface area contributed by atoms with Crippen molar-refractivity contribution in [3.63, 3.8) is 0 Å². The van der Waals surface area contributed by atoms with Crippen LogP contribution < -0.4 is 16.8 Å². The Morgan fingerprint density at radius 2 is 2.27 bits per heavy atom. The third-order valence-electron chi connectivity index (χ3n) is 1.95. The predicted molar refractivity (Wildman–Crippen MR) is 57.3 cm³/mol. The Labute approximate surface area is 88.1 Å². The van der Waals surface area contributed by atoms with E-state index in [4.69, 9.17) is 11.5 Å². The van der Waals surface area contributed by atoms with Gasteiger partial charge in [0.1, 0.15) is 5.82 Å². The van der Waals surface area contributed by atoms with Crippen molar-refractivity contribution in [1.29, 1.82) is 0 Å². The number of nitrogens with zero attached hydrogens (tertiary/aromatic N) is 2. The topological polar surface area (TPSA) is 107 Å². The van der Waals surface area contributed by atoms with E-state index in [0.717, 1.165) is 6.54 Å². The molecule has 1 aromatic rings. The van der Waals surface area contributed by atoms with Gasteiger partial charge in [-0.05, 0) is 24.6 Å². The van der Waals surface area contributed by atoms with Crippen LogP contribution in [0.25, 0.3) is 0 Å². The van der Waals surface area contributed by atoms with E-state index in [1.54, 1.807) is 6.07 Å². The maximum atomic E-state index is 10.7. The number of nitrogens with one attached hydrogen (secondary N) is 1. The van der Waals surface area contributed by atoms with Crippen molar-refractivity contribution < 1.29 is 4.79 Å². The number of anilines is 1. The Bertz CT molecular complexity index is 324. The lowest BCUT2D eigenvalue weighted by Crippen LogP contribution is -2.20. The number of amides is 1. The van der Waals surface area contributed by atoms with Crippen molar-refractivity contribution in [2.75, 3.05) is 18.4 Å². The Hall–Kier alpha value is -1.69. The number of hydrogen-bond donors (Lipinski definition) is 3. The Kier molecular flexibility index (Phi) is 3.99. The quantitative estimate of drug-likeness (QED) is 0.610. The smallest absolute Gasteiger partial charge is 0.269 e. The third-order valence-corrected chi connectivity index (χ3v) is 1.95. The summed E-state index contributed by atoms with van der Waals surface area (Å²) in [5.41, 5.74) is 10.7. The third kappa shape index (κ3) is 3.51. The summed E-state index contributed by atoms with van der Waals surface area (Å²) in [4.78, 5) is 10.7. The van der Waals surface area contributed by atoms with Crippen LogP contribution in [0.4, 0.5) is 5.82 Å². The molecule has 0 bridgehead atoms. The fourth-order valence-corrected chi connectivity index (χ4v) is 0.920. The molecule has 0 spiro atoms. The van der Waals surface area contributed by atoms with Gasteiger partial charge in [-0.25, -0.2) is 0 Å². The van der Waals surface area contributed by atoms with Crippen molar-refractivity contribution in [2.45, 2.75) is 6.92 Å². The highest BCUT2D eigenvalue weighted by Crippen LogP contribution is 2.02. The maximum absolute atomic E-state index is 10.7. The van der Waals surface area contributed by atoms with Gasteiger partial charge in [0.05, 0.1) is 0 Å². The van der Waals surface area contributed by atoms with E-state index >= 15 is 0 Å². The molecule has 1 unspecified atom stereocenters. The van der Waals surface area contributed by atoms with Gasteiger partial charge in [-0.1, -0.05) is 6.92 Å². The van der Waals surface area contributed by atoms with Gasteiger partial charge in [0.2, 0.25) is 0 Å². The summed E-state index contributed by atoms with van der Waals surface area (Å²) in [7, 11) is 0. The highest BCUT2D eigenvalue weighted by atomic mass is 16.1. The van der Waals surface area contributed by atoms with Gasteiger partial charge < -0.3 is 16.8 Å². The molecule has 1 heterocycles. The van der Waals surface area contributed by atoms with Gasteiger partial charge in [-0.15, -0.1) is 10.2 Å².